The molecule has 25 heavy (non-hydrogen) atoms. The zero-order chi connectivity index (χ0) is 18.6. The monoisotopic (exact) mass is 343 g/mol. The van der Waals surface area contributed by atoms with Crippen molar-refractivity contribution in [3.05, 3.63) is 59.2 Å². The van der Waals surface area contributed by atoms with Crippen molar-refractivity contribution in [1.29, 1.82) is 0 Å². The highest BCUT2D eigenvalue weighted by molar-refractivity contribution is 5.97. The minimum absolute atomic E-state index is 0.0686. The third-order valence-corrected chi connectivity index (χ3v) is 3.83. The van der Waals surface area contributed by atoms with Crippen LogP contribution >= 0.6 is 0 Å². The first kappa shape index (κ1) is 18.6. The highest BCUT2D eigenvalue weighted by atomic mass is 19.1. The molecule has 6 heteroatoms. The van der Waals surface area contributed by atoms with Gasteiger partial charge in [0.1, 0.15) is 5.82 Å². The number of hydrogen-bond acceptors (Lipinski definition) is 3. The van der Waals surface area contributed by atoms with Gasteiger partial charge in [-0.1, -0.05) is 19.9 Å². The molecule has 0 bridgehead atoms. The molecule has 0 aliphatic carbocycles. The van der Waals surface area contributed by atoms with E-state index < -0.39 is 11.7 Å². The van der Waals surface area contributed by atoms with E-state index in [4.69, 9.17) is 0 Å². The van der Waals surface area contributed by atoms with Gasteiger partial charge in [-0.3, -0.25) is 14.6 Å². The van der Waals surface area contributed by atoms with Crippen LogP contribution in [-0.2, 0) is 4.79 Å². The maximum atomic E-state index is 14.1. The summed E-state index contributed by atoms with van der Waals surface area (Å²) < 4.78 is 14.1. The lowest BCUT2D eigenvalue weighted by atomic mass is 9.97. The average Bonchev–Trinajstić information content (AvgIpc) is 2.54. The van der Waals surface area contributed by atoms with Gasteiger partial charge in [0, 0.05) is 18.8 Å². The lowest BCUT2D eigenvalue weighted by Gasteiger charge is -2.23. The van der Waals surface area contributed by atoms with Crippen LogP contribution in [0.15, 0.2) is 36.5 Å². The van der Waals surface area contributed by atoms with Crippen LogP contribution < -0.4 is 10.6 Å². The summed E-state index contributed by atoms with van der Waals surface area (Å²) in [6.07, 6.45) is 1.67. The Morgan fingerprint density at radius 1 is 1.20 bits per heavy atom. The predicted molar refractivity (Wildman–Crippen MR) is 94.7 cm³/mol. The zero-order valence-electron chi connectivity index (χ0n) is 14.8. The number of anilines is 1. The fourth-order valence-electron chi connectivity index (χ4n) is 2.57. The topological polar surface area (TPSA) is 71.1 Å². The van der Waals surface area contributed by atoms with Crippen LogP contribution in [0, 0.1) is 18.7 Å². The summed E-state index contributed by atoms with van der Waals surface area (Å²) in [5.41, 5.74) is 1.96. The second-order valence-electron chi connectivity index (χ2n) is 6.28. The molecule has 2 N–H and O–H groups in total. The number of aryl methyl sites for hydroxylation is 1. The first-order chi connectivity index (χ1) is 11.8. The molecule has 0 spiro atoms. The molecule has 0 unspecified atom stereocenters. The molecule has 0 saturated carbocycles. The fourth-order valence-corrected chi connectivity index (χ4v) is 2.57. The minimum Gasteiger partial charge on any atom is -0.343 e. The van der Waals surface area contributed by atoms with Crippen LogP contribution in [0.25, 0.3) is 0 Å². The summed E-state index contributed by atoms with van der Waals surface area (Å²) in [6, 6.07) is 7.30. The smallest absolute Gasteiger partial charge is 0.254 e. The van der Waals surface area contributed by atoms with Crippen LogP contribution in [0.3, 0.4) is 0 Å². The summed E-state index contributed by atoms with van der Waals surface area (Å²) in [4.78, 5) is 28.1. The molecule has 0 radical (unpaired) electrons. The molecule has 1 atom stereocenters. The Balaban J connectivity index is 2.30. The number of nitrogens with one attached hydrogen (secondary N) is 2. The van der Waals surface area contributed by atoms with Crippen molar-refractivity contribution >= 4 is 17.5 Å². The van der Waals surface area contributed by atoms with Gasteiger partial charge in [-0.15, -0.1) is 0 Å². The lowest BCUT2D eigenvalue weighted by Crippen LogP contribution is -2.33. The van der Waals surface area contributed by atoms with Crippen molar-refractivity contribution in [2.24, 2.45) is 5.92 Å². The molecule has 0 fully saturated rings. The quantitative estimate of drug-likeness (QED) is 0.871. The first-order valence-electron chi connectivity index (χ1n) is 8.09. The van der Waals surface area contributed by atoms with Crippen LogP contribution in [0.1, 0.15) is 48.4 Å². The Morgan fingerprint density at radius 3 is 2.52 bits per heavy atom. The van der Waals surface area contributed by atoms with Gasteiger partial charge < -0.3 is 10.6 Å². The zero-order valence-corrected chi connectivity index (χ0v) is 14.8. The van der Waals surface area contributed by atoms with E-state index in [1.807, 2.05) is 32.9 Å². The van der Waals surface area contributed by atoms with Gasteiger partial charge in [0.15, 0.2) is 0 Å². The van der Waals surface area contributed by atoms with E-state index in [1.54, 1.807) is 6.20 Å². The second-order valence-corrected chi connectivity index (χ2v) is 6.28. The summed E-state index contributed by atoms with van der Waals surface area (Å²) in [6.45, 7) is 7.19. The molecule has 2 amide bonds. The Bertz CT molecular complexity index is 790. The van der Waals surface area contributed by atoms with Gasteiger partial charge >= 0.3 is 0 Å². The van der Waals surface area contributed by atoms with E-state index >= 15 is 0 Å². The molecule has 1 aromatic carbocycles. The van der Waals surface area contributed by atoms with Gasteiger partial charge in [-0.05, 0) is 42.7 Å². The Kier molecular flexibility index (Phi) is 5.85. The summed E-state index contributed by atoms with van der Waals surface area (Å²) in [7, 11) is 0. The SMILES string of the molecule is CC(=O)Nc1ccc(F)c(C(=O)N[C@H](c2ncccc2C)C(C)C)c1. The third kappa shape index (κ3) is 4.62. The number of pyridine rings is 1. The molecule has 0 aliphatic rings. The van der Waals surface area contributed by atoms with E-state index in [9.17, 15) is 14.0 Å². The number of aromatic nitrogens is 1. The fraction of sp³-hybridized carbons (Fsp3) is 0.316. The number of rotatable bonds is 5. The van der Waals surface area contributed by atoms with Gasteiger partial charge in [0.05, 0.1) is 17.3 Å². The minimum atomic E-state index is -0.646. The predicted octanol–water partition coefficient (Wildman–Crippen LogP) is 3.61. The Morgan fingerprint density at radius 2 is 1.92 bits per heavy atom. The molecule has 2 rings (SSSR count). The van der Waals surface area contributed by atoms with Crippen molar-refractivity contribution in [2.75, 3.05) is 5.32 Å². The first-order valence-corrected chi connectivity index (χ1v) is 8.09. The molecule has 5 nitrogen and oxygen atoms in total. The van der Waals surface area contributed by atoms with Gasteiger partial charge in [0.25, 0.3) is 5.91 Å². The molecular formula is C19H22FN3O2. The standard InChI is InChI=1S/C19H22FN3O2/c1-11(2)17(18-12(3)6-5-9-21-18)23-19(25)15-10-14(22-13(4)24)7-8-16(15)20/h5-11,17H,1-4H3,(H,22,24)(H,23,25)/t17-/m0/s1. The molecule has 1 aromatic heterocycles. The van der Waals surface area contributed by atoms with Crippen LogP contribution in [0.5, 0.6) is 0 Å². The highest BCUT2D eigenvalue weighted by Gasteiger charge is 2.23. The van der Waals surface area contributed by atoms with E-state index in [1.165, 1.54) is 19.1 Å². The molecule has 0 aliphatic heterocycles. The number of nitrogens with zero attached hydrogens (tertiary/aromatic N) is 1. The van der Waals surface area contributed by atoms with E-state index in [0.717, 1.165) is 17.3 Å². The molecule has 2 aromatic rings. The van der Waals surface area contributed by atoms with Crippen LogP contribution in [0.4, 0.5) is 10.1 Å². The van der Waals surface area contributed by atoms with Gasteiger partial charge in [-0.25, -0.2) is 4.39 Å². The number of carbonyl (C=O) groups excluding carboxylic acids is 2. The van der Waals surface area contributed by atoms with Crippen LogP contribution in [0.2, 0.25) is 0 Å². The van der Waals surface area contributed by atoms with Crippen molar-refractivity contribution in [3.63, 3.8) is 0 Å². The van der Waals surface area contributed by atoms with E-state index in [2.05, 4.69) is 15.6 Å². The van der Waals surface area contributed by atoms with Crippen molar-refractivity contribution in [1.82, 2.24) is 10.3 Å². The maximum absolute atomic E-state index is 14.1. The number of hydrogen-bond donors (Lipinski definition) is 2. The number of halogens is 1. The molecular weight excluding hydrogens is 321 g/mol. The van der Waals surface area contributed by atoms with Crippen LogP contribution in [-0.4, -0.2) is 16.8 Å². The third-order valence-electron chi connectivity index (χ3n) is 3.83. The van der Waals surface area contributed by atoms with Crippen molar-refractivity contribution in [2.45, 2.75) is 33.7 Å². The normalized spacial score (nSPS) is 11.9. The van der Waals surface area contributed by atoms with Crippen molar-refractivity contribution in [3.8, 4) is 0 Å². The number of benzene rings is 1. The molecule has 0 saturated heterocycles. The summed E-state index contributed by atoms with van der Waals surface area (Å²) >= 11 is 0. The molecule has 132 valence electrons. The number of carbonyl (C=O) groups is 2. The highest BCUT2D eigenvalue weighted by Crippen LogP contribution is 2.24. The Labute approximate surface area is 146 Å². The summed E-state index contributed by atoms with van der Waals surface area (Å²) in [5.74, 6) is -1.42. The Hall–Kier alpha value is -2.76. The lowest BCUT2D eigenvalue weighted by molar-refractivity contribution is -0.114. The second kappa shape index (κ2) is 7.88. The van der Waals surface area contributed by atoms with E-state index in [-0.39, 0.29) is 23.4 Å². The average molecular weight is 343 g/mol. The molecule has 1 heterocycles. The maximum Gasteiger partial charge on any atom is 0.254 e. The van der Waals surface area contributed by atoms with Gasteiger partial charge in [-0.2, -0.15) is 0 Å². The number of amides is 2. The summed E-state index contributed by atoms with van der Waals surface area (Å²) in [5, 5.41) is 5.40. The van der Waals surface area contributed by atoms with Crippen molar-refractivity contribution < 1.29 is 14.0 Å². The van der Waals surface area contributed by atoms with E-state index in [0.29, 0.717) is 5.69 Å². The largest absolute Gasteiger partial charge is 0.343 e. The van der Waals surface area contributed by atoms with Gasteiger partial charge in [0.2, 0.25) is 5.91 Å².